The van der Waals surface area contributed by atoms with Crippen LogP contribution in [0.2, 0.25) is 0 Å². The van der Waals surface area contributed by atoms with E-state index in [0.717, 1.165) is 6.42 Å². The number of carbonyl (C=O) groups excluding carboxylic acids is 1. The molecule has 0 saturated carbocycles. The summed E-state index contributed by atoms with van der Waals surface area (Å²) in [5.41, 5.74) is 0. The van der Waals surface area contributed by atoms with Gasteiger partial charge in [-0.3, -0.25) is 4.79 Å². The minimum atomic E-state index is -0.0617. The van der Waals surface area contributed by atoms with E-state index in [4.69, 9.17) is 5.26 Å². The van der Waals surface area contributed by atoms with Crippen LogP contribution in [0, 0.1) is 17.2 Å². The Labute approximate surface area is 71.6 Å². The smallest absolute Gasteiger partial charge is 0.233 e. The van der Waals surface area contributed by atoms with Gasteiger partial charge < -0.3 is 4.90 Å². The van der Waals surface area contributed by atoms with Crippen LogP contribution in [0.15, 0.2) is 24.9 Å². The van der Waals surface area contributed by atoms with Crippen LogP contribution in [0.5, 0.6) is 0 Å². The van der Waals surface area contributed by atoms with Gasteiger partial charge in [-0.05, 0) is 6.42 Å². The first kappa shape index (κ1) is 8.54. The second kappa shape index (κ2) is 3.72. The second-order valence-corrected chi connectivity index (χ2v) is 2.61. The maximum atomic E-state index is 11.3. The molecule has 3 heteroatoms. The number of allylic oxidation sites excluding steroid dienone is 1. The molecule has 0 aromatic heterocycles. The quantitative estimate of drug-likeness (QED) is 0.450. The Morgan fingerprint density at radius 1 is 1.75 bits per heavy atom. The standard InChI is InChI=1S/C9H10N2O/c1-2-8-4-7-11(9(8)12)6-3-5-10/h2-3,6,8H,1,4,7H2. The van der Waals surface area contributed by atoms with E-state index in [1.54, 1.807) is 11.0 Å². The molecule has 0 aromatic carbocycles. The maximum absolute atomic E-state index is 11.3. The van der Waals surface area contributed by atoms with E-state index in [2.05, 4.69) is 6.58 Å². The number of carbonyl (C=O) groups is 1. The molecule has 1 unspecified atom stereocenters. The Balaban J connectivity index is 2.62. The van der Waals surface area contributed by atoms with E-state index in [0.29, 0.717) is 6.54 Å². The van der Waals surface area contributed by atoms with E-state index in [1.807, 2.05) is 6.07 Å². The molecule has 1 saturated heterocycles. The van der Waals surface area contributed by atoms with Crippen molar-refractivity contribution < 1.29 is 4.79 Å². The molecular weight excluding hydrogens is 152 g/mol. The highest BCUT2D eigenvalue weighted by atomic mass is 16.2. The Hall–Kier alpha value is -1.56. The highest BCUT2D eigenvalue weighted by Gasteiger charge is 2.27. The fourth-order valence-electron chi connectivity index (χ4n) is 1.21. The van der Waals surface area contributed by atoms with E-state index in [-0.39, 0.29) is 11.8 Å². The van der Waals surface area contributed by atoms with E-state index in [9.17, 15) is 4.79 Å². The third-order valence-corrected chi connectivity index (χ3v) is 1.89. The zero-order chi connectivity index (χ0) is 8.97. The molecule has 0 radical (unpaired) electrons. The highest BCUT2D eigenvalue weighted by molar-refractivity contribution is 5.83. The summed E-state index contributed by atoms with van der Waals surface area (Å²) in [5.74, 6) is -0.0233. The van der Waals surface area contributed by atoms with Gasteiger partial charge >= 0.3 is 0 Å². The van der Waals surface area contributed by atoms with Crippen molar-refractivity contribution in [3.05, 3.63) is 24.9 Å². The van der Waals surface area contributed by atoms with Crippen molar-refractivity contribution in [1.82, 2.24) is 4.90 Å². The van der Waals surface area contributed by atoms with Crippen molar-refractivity contribution in [2.45, 2.75) is 6.42 Å². The molecule has 1 amide bonds. The molecule has 0 N–H and O–H groups in total. The van der Waals surface area contributed by atoms with Crippen molar-refractivity contribution in [1.29, 1.82) is 5.26 Å². The molecular formula is C9H10N2O. The van der Waals surface area contributed by atoms with Crippen LogP contribution in [-0.4, -0.2) is 17.4 Å². The van der Waals surface area contributed by atoms with Crippen LogP contribution >= 0.6 is 0 Å². The van der Waals surface area contributed by atoms with Gasteiger partial charge in [-0.15, -0.1) is 6.58 Å². The van der Waals surface area contributed by atoms with Crippen LogP contribution in [-0.2, 0) is 4.79 Å². The van der Waals surface area contributed by atoms with E-state index in [1.165, 1.54) is 12.3 Å². The first-order chi connectivity index (χ1) is 5.79. The largest absolute Gasteiger partial charge is 0.318 e. The van der Waals surface area contributed by atoms with Gasteiger partial charge in [-0.25, -0.2) is 0 Å². The van der Waals surface area contributed by atoms with Crippen LogP contribution in [0.25, 0.3) is 0 Å². The average Bonchev–Trinajstić information content (AvgIpc) is 2.43. The summed E-state index contributed by atoms with van der Waals surface area (Å²) in [6, 6.07) is 1.85. The molecule has 0 aliphatic carbocycles. The second-order valence-electron chi connectivity index (χ2n) is 2.61. The Kier molecular flexibility index (Phi) is 2.65. The topological polar surface area (TPSA) is 44.1 Å². The minimum Gasteiger partial charge on any atom is -0.318 e. The number of amides is 1. The maximum Gasteiger partial charge on any atom is 0.233 e. The molecule has 1 rings (SSSR count). The van der Waals surface area contributed by atoms with E-state index >= 15 is 0 Å². The fourth-order valence-corrected chi connectivity index (χ4v) is 1.21. The molecule has 1 fully saturated rings. The lowest BCUT2D eigenvalue weighted by atomic mass is 10.1. The number of nitriles is 1. The molecule has 1 aliphatic rings. The molecule has 62 valence electrons. The third-order valence-electron chi connectivity index (χ3n) is 1.89. The lowest BCUT2D eigenvalue weighted by molar-refractivity contribution is -0.127. The number of nitrogens with zero attached hydrogens (tertiary/aromatic N) is 2. The van der Waals surface area contributed by atoms with Crippen molar-refractivity contribution in [2.75, 3.05) is 6.54 Å². The molecule has 0 bridgehead atoms. The lowest BCUT2D eigenvalue weighted by Gasteiger charge is -2.07. The summed E-state index contributed by atoms with van der Waals surface area (Å²) >= 11 is 0. The number of hydrogen-bond donors (Lipinski definition) is 0. The number of likely N-dealkylation sites (tertiary alicyclic amines) is 1. The monoisotopic (exact) mass is 162 g/mol. The average molecular weight is 162 g/mol. The SMILES string of the molecule is C=CC1CCN(C=CC#N)C1=O. The van der Waals surface area contributed by atoms with Crippen LogP contribution in [0.3, 0.4) is 0 Å². The van der Waals surface area contributed by atoms with Gasteiger partial charge in [0.25, 0.3) is 0 Å². The molecule has 12 heavy (non-hydrogen) atoms. The van der Waals surface area contributed by atoms with Crippen molar-refractivity contribution in [3.63, 3.8) is 0 Å². The van der Waals surface area contributed by atoms with Gasteiger partial charge in [0.2, 0.25) is 5.91 Å². The predicted octanol–water partition coefficient (Wildman–Crippen LogP) is 1.06. The summed E-state index contributed by atoms with van der Waals surface area (Å²) in [7, 11) is 0. The summed E-state index contributed by atoms with van der Waals surface area (Å²) in [5, 5.41) is 8.24. The van der Waals surface area contributed by atoms with Crippen LogP contribution in [0.4, 0.5) is 0 Å². The van der Waals surface area contributed by atoms with Crippen molar-refractivity contribution in [3.8, 4) is 6.07 Å². The molecule has 0 aromatic rings. The van der Waals surface area contributed by atoms with E-state index < -0.39 is 0 Å². The lowest BCUT2D eigenvalue weighted by Crippen LogP contribution is -2.20. The van der Waals surface area contributed by atoms with Gasteiger partial charge in [0.05, 0.1) is 12.0 Å². The summed E-state index contributed by atoms with van der Waals surface area (Å²) < 4.78 is 0. The molecule has 0 spiro atoms. The molecule has 1 atom stereocenters. The van der Waals surface area contributed by atoms with Crippen LogP contribution in [0.1, 0.15) is 6.42 Å². The normalized spacial score (nSPS) is 23.1. The van der Waals surface area contributed by atoms with Gasteiger partial charge in [0.1, 0.15) is 0 Å². The number of hydrogen-bond acceptors (Lipinski definition) is 2. The fraction of sp³-hybridized carbons (Fsp3) is 0.333. The Morgan fingerprint density at radius 3 is 3.00 bits per heavy atom. The highest BCUT2D eigenvalue weighted by Crippen LogP contribution is 2.18. The Morgan fingerprint density at radius 2 is 2.50 bits per heavy atom. The van der Waals surface area contributed by atoms with Crippen molar-refractivity contribution >= 4 is 5.91 Å². The zero-order valence-electron chi connectivity index (χ0n) is 6.73. The van der Waals surface area contributed by atoms with Crippen molar-refractivity contribution in [2.24, 2.45) is 5.92 Å². The summed E-state index contributed by atoms with van der Waals surface area (Å²) in [6.45, 7) is 4.26. The van der Waals surface area contributed by atoms with Crippen LogP contribution < -0.4 is 0 Å². The summed E-state index contributed by atoms with van der Waals surface area (Å²) in [6.07, 6.45) is 5.29. The van der Waals surface area contributed by atoms with Gasteiger partial charge in [-0.2, -0.15) is 5.26 Å². The zero-order valence-corrected chi connectivity index (χ0v) is 6.73. The number of rotatable bonds is 2. The molecule has 3 nitrogen and oxygen atoms in total. The Bertz CT molecular complexity index is 262. The predicted molar refractivity (Wildman–Crippen MR) is 44.8 cm³/mol. The van der Waals surface area contributed by atoms with Gasteiger partial charge in [0, 0.05) is 18.8 Å². The van der Waals surface area contributed by atoms with Gasteiger partial charge in [-0.1, -0.05) is 6.08 Å². The third kappa shape index (κ3) is 1.54. The minimum absolute atomic E-state index is 0.0384. The first-order valence-corrected chi connectivity index (χ1v) is 3.79. The summed E-state index contributed by atoms with van der Waals surface area (Å²) in [4.78, 5) is 12.9. The molecule has 1 heterocycles. The molecule has 1 aliphatic heterocycles. The van der Waals surface area contributed by atoms with Gasteiger partial charge in [0.15, 0.2) is 0 Å². The first-order valence-electron chi connectivity index (χ1n) is 3.79.